The minimum atomic E-state index is -3.79. The lowest BCUT2D eigenvalue weighted by Gasteiger charge is -2.28. The maximum atomic E-state index is 13.7. The van der Waals surface area contributed by atoms with Crippen LogP contribution < -0.4 is 13.8 Å². The molecule has 6 nitrogen and oxygen atoms in total. The highest BCUT2D eigenvalue weighted by Gasteiger charge is 2.28. The molecule has 176 valence electrons. The number of methoxy groups -OCH3 is 1. The molecule has 0 atom stereocenters. The van der Waals surface area contributed by atoms with Crippen LogP contribution in [0.5, 0.6) is 11.5 Å². The van der Waals surface area contributed by atoms with Gasteiger partial charge >= 0.3 is 0 Å². The predicted octanol–water partition coefficient (Wildman–Crippen LogP) is 4.97. The van der Waals surface area contributed by atoms with Gasteiger partial charge in [-0.25, -0.2) is 8.42 Å². The predicted molar refractivity (Wildman–Crippen MR) is 127 cm³/mol. The lowest BCUT2D eigenvalue weighted by atomic mass is 10.0. The summed E-state index contributed by atoms with van der Waals surface area (Å²) >= 11 is 0. The first kappa shape index (κ1) is 24.4. The van der Waals surface area contributed by atoms with Crippen molar-refractivity contribution in [3.63, 3.8) is 0 Å². The number of benzene rings is 2. The first-order valence-electron chi connectivity index (χ1n) is 11.2. The third-order valence-electron chi connectivity index (χ3n) is 5.69. The second-order valence-electron chi connectivity index (χ2n) is 8.90. The molecule has 0 saturated carbocycles. The van der Waals surface area contributed by atoms with Gasteiger partial charge in [-0.3, -0.25) is 4.31 Å². The van der Waals surface area contributed by atoms with E-state index in [9.17, 15) is 8.42 Å². The highest BCUT2D eigenvalue weighted by molar-refractivity contribution is 7.92. The van der Waals surface area contributed by atoms with Crippen LogP contribution in [-0.2, 0) is 14.8 Å². The van der Waals surface area contributed by atoms with Gasteiger partial charge in [-0.1, -0.05) is 31.5 Å². The van der Waals surface area contributed by atoms with Crippen molar-refractivity contribution in [1.29, 1.82) is 0 Å². The van der Waals surface area contributed by atoms with Crippen molar-refractivity contribution in [3.8, 4) is 11.5 Å². The van der Waals surface area contributed by atoms with Gasteiger partial charge in [0.05, 0.1) is 24.3 Å². The molecule has 0 radical (unpaired) electrons. The molecule has 0 amide bonds. The summed E-state index contributed by atoms with van der Waals surface area (Å²) in [5, 5.41) is 0. The molecule has 32 heavy (non-hydrogen) atoms. The highest BCUT2D eigenvalue weighted by atomic mass is 32.2. The van der Waals surface area contributed by atoms with Gasteiger partial charge in [0.1, 0.15) is 0 Å². The molecular weight excluding hydrogens is 426 g/mol. The molecular formula is C25H35NO5S. The Morgan fingerprint density at radius 1 is 1.06 bits per heavy atom. The van der Waals surface area contributed by atoms with Gasteiger partial charge in [0.25, 0.3) is 10.0 Å². The minimum Gasteiger partial charge on any atom is -0.493 e. The van der Waals surface area contributed by atoms with Crippen LogP contribution in [0.2, 0.25) is 0 Å². The Kier molecular flexibility index (Phi) is 8.06. The average molecular weight is 462 g/mol. The van der Waals surface area contributed by atoms with E-state index >= 15 is 0 Å². The summed E-state index contributed by atoms with van der Waals surface area (Å²) in [6.07, 6.45) is 1.93. The maximum absolute atomic E-state index is 13.7. The summed E-state index contributed by atoms with van der Waals surface area (Å²) in [5.74, 6) is 1.57. The molecule has 0 spiro atoms. The Labute approximate surface area is 192 Å². The first-order valence-corrected chi connectivity index (χ1v) is 12.6. The van der Waals surface area contributed by atoms with Gasteiger partial charge in [0.15, 0.2) is 11.5 Å². The number of anilines is 1. The number of hydrogen-bond acceptors (Lipinski definition) is 5. The topological polar surface area (TPSA) is 65.1 Å². The second kappa shape index (κ2) is 10.6. The van der Waals surface area contributed by atoms with E-state index in [2.05, 4.69) is 0 Å². The average Bonchev–Trinajstić information content (AvgIpc) is 2.77. The Bertz CT molecular complexity index is 1010. The van der Waals surface area contributed by atoms with Crippen molar-refractivity contribution >= 4 is 15.7 Å². The zero-order valence-electron chi connectivity index (χ0n) is 19.8. The van der Waals surface area contributed by atoms with Crippen molar-refractivity contribution in [2.45, 2.75) is 45.4 Å². The summed E-state index contributed by atoms with van der Waals surface area (Å²) in [6.45, 7) is 10.4. The smallest absolute Gasteiger partial charge is 0.264 e. The number of aryl methyl sites for hydroxylation is 2. The number of ether oxygens (including phenoxy) is 3. The lowest BCUT2D eigenvalue weighted by molar-refractivity contribution is 0.0493. The molecule has 2 aromatic carbocycles. The van der Waals surface area contributed by atoms with E-state index in [0.29, 0.717) is 36.3 Å². The van der Waals surface area contributed by atoms with Crippen LogP contribution in [-0.4, -0.2) is 41.9 Å². The molecule has 2 aromatic rings. The molecule has 0 N–H and O–H groups in total. The Morgan fingerprint density at radius 2 is 1.78 bits per heavy atom. The van der Waals surface area contributed by atoms with Gasteiger partial charge < -0.3 is 14.2 Å². The largest absolute Gasteiger partial charge is 0.493 e. The van der Waals surface area contributed by atoms with Crippen LogP contribution in [0.3, 0.4) is 0 Å². The van der Waals surface area contributed by atoms with E-state index < -0.39 is 10.0 Å². The third kappa shape index (κ3) is 5.75. The van der Waals surface area contributed by atoms with Crippen LogP contribution in [0.1, 0.15) is 37.8 Å². The lowest BCUT2D eigenvalue weighted by Crippen LogP contribution is -2.34. The van der Waals surface area contributed by atoms with Crippen molar-refractivity contribution < 1.29 is 22.6 Å². The van der Waals surface area contributed by atoms with E-state index in [-0.39, 0.29) is 10.8 Å². The normalized spacial score (nSPS) is 15.1. The summed E-state index contributed by atoms with van der Waals surface area (Å²) in [5.41, 5.74) is 2.72. The summed E-state index contributed by atoms with van der Waals surface area (Å²) in [4.78, 5) is 0.188. The summed E-state index contributed by atoms with van der Waals surface area (Å²) in [7, 11) is -2.26. The van der Waals surface area contributed by atoms with Crippen LogP contribution in [0, 0.1) is 25.7 Å². The minimum absolute atomic E-state index is 0.162. The monoisotopic (exact) mass is 461 g/mol. The van der Waals surface area contributed by atoms with Crippen molar-refractivity contribution in [1.82, 2.24) is 0 Å². The molecule has 1 saturated heterocycles. The van der Waals surface area contributed by atoms with Gasteiger partial charge in [0, 0.05) is 25.8 Å². The van der Waals surface area contributed by atoms with Gasteiger partial charge in [-0.15, -0.1) is 0 Å². The summed E-state index contributed by atoms with van der Waals surface area (Å²) in [6, 6.07) is 10.7. The third-order valence-corrected chi connectivity index (χ3v) is 7.47. The quantitative estimate of drug-likeness (QED) is 0.528. The molecule has 7 heteroatoms. The van der Waals surface area contributed by atoms with Crippen LogP contribution in [0.15, 0.2) is 41.3 Å². The van der Waals surface area contributed by atoms with Crippen LogP contribution in [0.4, 0.5) is 5.69 Å². The van der Waals surface area contributed by atoms with Gasteiger partial charge in [-0.2, -0.15) is 0 Å². The molecule has 1 aliphatic heterocycles. The van der Waals surface area contributed by atoms with E-state index in [1.807, 2.05) is 45.9 Å². The highest BCUT2D eigenvalue weighted by Crippen LogP contribution is 2.34. The van der Waals surface area contributed by atoms with Gasteiger partial charge in [0.2, 0.25) is 0 Å². The van der Waals surface area contributed by atoms with E-state index in [0.717, 1.165) is 37.2 Å². The summed E-state index contributed by atoms with van der Waals surface area (Å²) < 4.78 is 45.8. The van der Waals surface area contributed by atoms with E-state index in [1.165, 1.54) is 11.4 Å². The van der Waals surface area contributed by atoms with Crippen LogP contribution >= 0.6 is 0 Å². The zero-order chi connectivity index (χ0) is 23.3. The number of rotatable bonds is 9. The number of hydrogen-bond donors (Lipinski definition) is 0. The van der Waals surface area contributed by atoms with Gasteiger partial charge in [-0.05, 0) is 62.3 Å². The van der Waals surface area contributed by atoms with Crippen molar-refractivity contribution in [3.05, 3.63) is 47.5 Å². The molecule has 0 aliphatic carbocycles. The maximum Gasteiger partial charge on any atom is 0.264 e. The molecule has 3 rings (SSSR count). The number of nitrogens with zero attached hydrogens (tertiary/aromatic N) is 1. The molecule has 0 unspecified atom stereocenters. The fraction of sp³-hybridized carbons (Fsp3) is 0.520. The molecule has 1 fully saturated rings. The molecule has 0 bridgehead atoms. The molecule has 0 aromatic heterocycles. The second-order valence-corrected chi connectivity index (χ2v) is 10.8. The van der Waals surface area contributed by atoms with E-state index in [1.54, 1.807) is 18.2 Å². The fourth-order valence-corrected chi connectivity index (χ4v) is 5.63. The Hall–Kier alpha value is -2.25. The standard InChI is InChI=1S/C25H35NO5S/c1-18(2)16-26(23-8-6-19(3)14-20(23)4)32(27,28)22-7-9-24(25(15-22)29-5)31-17-21-10-12-30-13-11-21/h6-9,14-15,18,21H,10-13,16-17H2,1-5H3. The van der Waals surface area contributed by atoms with Crippen molar-refractivity contribution in [2.24, 2.45) is 11.8 Å². The van der Waals surface area contributed by atoms with Crippen molar-refractivity contribution in [2.75, 3.05) is 37.8 Å². The Morgan fingerprint density at radius 3 is 2.41 bits per heavy atom. The van der Waals surface area contributed by atoms with Crippen LogP contribution in [0.25, 0.3) is 0 Å². The zero-order valence-corrected chi connectivity index (χ0v) is 20.6. The molecule has 1 aliphatic rings. The Balaban J connectivity index is 1.90. The SMILES string of the molecule is COc1cc(S(=O)(=O)N(CC(C)C)c2ccc(C)cc2C)ccc1OCC1CCOCC1. The fourth-order valence-electron chi connectivity index (χ4n) is 3.92. The number of sulfonamides is 1. The van der Waals surface area contributed by atoms with E-state index in [4.69, 9.17) is 14.2 Å². The molecule has 1 heterocycles. The first-order chi connectivity index (χ1) is 15.2.